The van der Waals surface area contributed by atoms with E-state index in [0.29, 0.717) is 6.42 Å². The Hall–Kier alpha value is -1.11. The van der Waals surface area contributed by atoms with Crippen molar-refractivity contribution >= 4 is 28.6 Å². The first-order chi connectivity index (χ1) is 19.7. The Balaban J connectivity index is 0.00000588. The van der Waals surface area contributed by atoms with Crippen molar-refractivity contribution in [2.24, 2.45) is 0 Å². The summed E-state index contributed by atoms with van der Waals surface area (Å²) < 4.78 is 13.7. The number of methoxy groups -OCH3 is 1. The van der Waals surface area contributed by atoms with Crippen LogP contribution in [0.15, 0.2) is 36.4 Å². The lowest BCUT2D eigenvalue weighted by Crippen LogP contribution is -3.00. The Kier molecular flexibility index (Phi) is 19.0. The maximum atomic E-state index is 11.6. The molecule has 1 aliphatic rings. The molecule has 0 aliphatic carbocycles. The third-order valence-corrected chi connectivity index (χ3v) is 10.0. The lowest BCUT2D eigenvalue weighted by molar-refractivity contribution is -0.682. The van der Waals surface area contributed by atoms with Crippen LogP contribution in [0.1, 0.15) is 122 Å². The van der Waals surface area contributed by atoms with Gasteiger partial charge in [-0.3, -0.25) is 4.79 Å². The van der Waals surface area contributed by atoms with Crippen molar-refractivity contribution in [2.45, 2.75) is 128 Å². The zero-order valence-corrected chi connectivity index (χ0v) is 28.4. The minimum absolute atomic E-state index is 0. The molecular weight excluding hydrogens is 594 g/mol. The zero-order chi connectivity index (χ0) is 28.3. The molecule has 1 aromatic heterocycles. The van der Waals surface area contributed by atoms with Crippen LogP contribution in [0, 0.1) is 0 Å². The number of thioether (sulfide) groups is 1. The summed E-state index contributed by atoms with van der Waals surface area (Å²) in [5, 5.41) is 1.27. The number of aryl methyl sites for hydroxylation is 1. The Bertz CT molecular complexity index is 981. The summed E-state index contributed by atoms with van der Waals surface area (Å²) in [4.78, 5) is 11.6. The second-order valence-electron chi connectivity index (χ2n) is 11.9. The molecule has 1 aliphatic heterocycles. The van der Waals surface area contributed by atoms with Gasteiger partial charge in [-0.2, -0.15) is 16.3 Å². The van der Waals surface area contributed by atoms with E-state index in [9.17, 15) is 4.79 Å². The Morgan fingerprint density at radius 2 is 1.41 bits per heavy atom. The summed E-state index contributed by atoms with van der Waals surface area (Å²) in [6.07, 6.45) is 21.7. The molecule has 3 rings (SSSR count). The number of benzene rings is 1. The van der Waals surface area contributed by atoms with E-state index >= 15 is 0 Å². The Labute approximate surface area is 265 Å². The quantitative estimate of drug-likeness (QED) is 0.0847. The van der Waals surface area contributed by atoms with Crippen LogP contribution < -0.4 is 21.5 Å². The van der Waals surface area contributed by atoms with E-state index in [0.717, 1.165) is 44.1 Å². The molecule has 2 heterocycles. The number of ether oxygens (including phenoxy) is 2. The zero-order valence-electron chi connectivity index (χ0n) is 26.0. The number of carbonyl (C=O) groups is 1. The molecule has 0 unspecified atom stereocenters. The lowest BCUT2D eigenvalue weighted by atomic mass is 9.87. The molecule has 2 aromatic rings. The molecule has 0 N–H and O–H groups in total. The number of para-hydroxylation sites is 1. The first-order valence-electron chi connectivity index (χ1n) is 16.3. The number of pyridine rings is 1. The molecule has 4 nitrogen and oxygen atoms in total. The largest absolute Gasteiger partial charge is 1.00 e. The van der Waals surface area contributed by atoms with Gasteiger partial charge >= 0.3 is 5.97 Å². The third-order valence-electron chi connectivity index (χ3n) is 8.50. The van der Waals surface area contributed by atoms with Crippen molar-refractivity contribution in [1.82, 2.24) is 0 Å². The van der Waals surface area contributed by atoms with Crippen molar-refractivity contribution in [3.05, 3.63) is 42.1 Å². The van der Waals surface area contributed by atoms with Crippen molar-refractivity contribution in [3.8, 4) is 0 Å². The number of carbonyl (C=O) groups excluding carboxylic acids is 1. The fourth-order valence-electron chi connectivity index (χ4n) is 5.93. The van der Waals surface area contributed by atoms with Gasteiger partial charge in [-0.1, -0.05) is 103 Å². The second-order valence-corrected chi connectivity index (χ2v) is 12.9. The number of esters is 1. The molecule has 0 atom stereocenters. The Morgan fingerprint density at radius 1 is 0.805 bits per heavy atom. The van der Waals surface area contributed by atoms with Crippen LogP contribution >= 0.6 is 11.8 Å². The summed E-state index contributed by atoms with van der Waals surface area (Å²) >= 11 is 2.02. The highest BCUT2D eigenvalue weighted by Gasteiger charge is 2.46. The monoisotopic (exact) mass is 649 g/mol. The maximum Gasteiger partial charge on any atom is 0.305 e. The molecule has 6 heteroatoms. The van der Waals surface area contributed by atoms with Crippen molar-refractivity contribution in [3.63, 3.8) is 0 Å². The fourth-order valence-corrected chi connectivity index (χ4v) is 7.09. The van der Waals surface area contributed by atoms with Crippen molar-refractivity contribution in [2.75, 3.05) is 31.8 Å². The van der Waals surface area contributed by atoms with Gasteiger partial charge in [0.15, 0.2) is 5.69 Å². The van der Waals surface area contributed by atoms with Crippen LogP contribution in [0.25, 0.3) is 10.9 Å². The molecular formula is C35H56BrNO3S. The molecule has 232 valence electrons. The first kappa shape index (κ1) is 36.1. The standard InChI is InChI=1S/C35H56NO3S.BrH/c1-3-4-5-6-7-8-9-10-11-12-13-14-15-20-27-39-28-35(29-40-30-35)33-25-24-31-21-16-17-22-32(31)36(33)26-19-18-23-34(37)38-2;/h16-17,21-22,24-25H,3-15,18-20,23,26-30H2,1-2H3;1H/q+1;/p-1. The summed E-state index contributed by atoms with van der Waals surface area (Å²) in [5.74, 6) is 2.12. The van der Waals surface area contributed by atoms with Crippen LogP contribution in [0.5, 0.6) is 0 Å². The number of halogens is 1. The summed E-state index contributed by atoms with van der Waals surface area (Å²) in [7, 11) is 1.47. The molecule has 0 amide bonds. The van der Waals surface area contributed by atoms with Crippen LogP contribution in [-0.2, 0) is 26.2 Å². The smallest absolute Gasteiger partial charge is 0.305 e. The minimum Gasteiger partial charge on any atom is -1.00 e. The van der Waals surface area contributed by atoms with Crippen LogP contribution in [0.3, 0.4) is 0 Å². The second kappa shape index (κ2) is 21.6. The van der Waals surface area contributed by atoms with Gasteiger partial charge in [-0.15, -0.1) is 0 Å². The van der Waals surface area contributed by atoms with Gasteiger partial charge in [0.05, 0.1) is 19.1 Å². The number of nitrogens with zero attached hydrogens (tertiary/aromatic N) is 1. The molecule has 0 saturated carbocycles. The molecule has 1 fully saturated rings. The van der Waals surface area contributed by atoms with E-state index in [-0.39, 0.29) is 28.4 Å². The van der Waals surface area contributed by atoms with E-state index in [4.69, 9.17) is 9.47 Å². The number of aromatic nitrogens is 1. The van der Waals surface area contributed by atoms with E-state index < -0.39 is 0 Å². The third kappa shape index (κ3) is 12.6. The first-order valence-corrected chi connectivity index (χ1v) is 17.5. The number of hydrogen-bond donors (Lipinski definition) is 0. The molecule has 1 aromatic carbocycles. The van der Waals surface area contributed by atoms with Crippen LogP contribution in [0.4, 0.5) is 0 Å². The molecule has 0 radical (unpaired) electrons. The predicted molar refractivity (Wildman–Crippen MR) is 170 cm³/mol. The maximum absolute atomic E-state index is 11.6. The van der Waals surface area contributed by atoms with Crippen LogP contribution in [0.2, 0.25) is 0 Å². The Morgan fingerprint density at radius 3 is 2.00 bits per heavy atom. The highest BCUT2D eigenvalue weighted by Crippen LogP contribution is 2.40. The summed E-state index contributed by atoms with van der Waals surface area (Å²) in [6, 6.07) is 13.3. The molecule has 1 saturated heterocycles. The van der Waals surface area contributed by atoms with Gasteiger partial charge in [-0.05, 0) is 25.0 Å². The van der Waals surface area contributed by atoms with Crippen LogP contribution in [-0.4, -0.2) is 37.8 Å². The lowest BCUT2D eigenvalue weighted by Gasteiger charge is -2.38. The minimum atomic E-state index is -0.119. The summed E-state index contributed by atoms with van der Waals surface area (Å²) in [6.45, 7) is 4.88. The number of rotatable bonds is 23. The molecule has 41 heavy (non-hydrogen) atoms. The number of unbranched alkanes of at least 4 members (excludes halogenated alkanes) is 14. The fraction of sp³-hybridized carbons (Fsp3) is 0.714. The highest BCUT2D eigenvalue weighted by molar-refractivity contribution is 8.00. The highest BCUT2D eigenvalue weighted by atomic mass is 79.9. The SMILES string of the molecule is CCCCCCCCCCCCCCCCOCC1(c2ccc3ccccc3[n+]2CCCCC(=O)OC)CSC1.[Br-]. The van der Waals surface area contributed by atoms with E-state index in [2.05, 4.69) is 47.9 Å². The number of fused-ring (bicyclic) bond motifs is 1. The average molecular weight is 651 g/mol. The molecule has 0 spiro atoms. The normalized spacial score (nSPS) is 14.0. The average Bonchev–Trinajstić information content (AvgIpc) is 2.96. The van der Waals surface area contributed by atoms with E-state index in [1.165, 1.54) is 114 Å². The van der Waals surface area contributed by atoms with E-state index in [1.54, 1.807) is 0 Å². The van der Waals surface area contributed by atoms with Crippen molar-refractivity contribution < 1.29 is 35.8 Å². The topological polar surface area (TPSA) is 39.4 Å². The van der Waals surface area contributed by atoms with Gasteiger partial charge in [0.25, 0.3) is 0 Å². The molecule has 0 bridgehead atoms. The predicted octanol–water partition coefficient (Wildman–Crippen LogP) is 5.96. The van der Waals surface area contributed by atoms with Crippen molar-refractivity contribution in [1.29, 1.82) is 0 Å². The van der Waals surface area contributed by atoms with Gasteiger partial charge in [0.1, 0.15) is 6.54 Å². The summed E-state index contributed by atoms with van der Waals surface area (Å²) in [5.41, 5.74) is 2.76. The number of hydrogen-bond acceptors (Lipinski definition) is 4. The van der Waals surface area contributed by atoms with Gasteiger partial charge in [0.2, 0.25) is 5.52 Å². The van der Waals surface area contributed by atoms with Gasteiger partial charge in [-0.25, -0.2) is 0 Å². The van der Waals surface area contributed by atoms with Gasteiger partial charge < -0.3 is 26.5 Å². The van der Waals surface area contributed by atoms with E-state index in [1.807, 2.05) is 11.8 Å². The van der Waals surface area contributed by atoms with Gasteiger partial charge in [0, 0.05) is 48.5 Å².